The predicted octanol–water partition coefficient (Wildman–Crippen LogP) is 2.15. The third-order valence-electron chi connectivity index (χ3n) is 2.44. The Morgan fingerprint density at radius 3 is 3.00 bits per heavy atom. The summed E-state index contributed by atoms with van der Waals surface area (Å²) in [6, 6.07) is 5.80. The molecule has 0 N–H and O–H groups in total. The molecule has 0 aliphatic heterocycles. The SMILES string of the molecule is Cc1nc2cc(N(C)c3nnns3)ccc2o1. The molecule has 2 aromatic heterocycles. The van der Waals surface area contributed by atoms with Crippen molar-refractivity contribution >= 4 is 33.5 Å². The standard InChI is InChI=1S/C10H9N5OS/c1-6-11-8-5-7(3-4-9(8)16-6)15(2)10-12-13-14-17-10/h3-5H,1-2H3. The van der Waals surface area contributed by atoms with E-state index in [0.29, 0.717) is 5.89 Å². The number of hydrogen-bond acceptors (Lipinski definition) is 7. The van der Waals surface area contributed by atoms with Crippen LogP contribution in [0, 0.1) is 6.92 Å². The minimum Gasteiger partial charge on any atom is -0.441 e. The van der Waals surface area contributed by atoms with Crippen LogP contribution in [0.4, 0.5) is 10.8 Å². The average Bonchev–Trinajstić information content (AvgIpc) is 2.94. The van der Waals surface area contributed by atoms with Crippen molar-refractivity contribution in [1.29, 1.82) is 0 Å². The maximum absolute atomic E-state index is 5.43. The molecule has 17 heavy (non-hydrogen) atoms. The summed E-state index contributed by atoms with van der Waals surface area (Å²) in [6.45, 7) is 1.83. The van der Waals surface area contributed by atoms with Crippen LogP contribution in [0.15, 0.2) is 22.6 Å². The quantitative estimate of drug-likeness (QED) is 0.691. The van der Waals surface area contributed by atoms with Crippen LogP contribution in [0.1, 0.15) is 5.89 Å². The van der Waals surface area contributed by atoms with Crippen molar-refractivity contribution in [2.75, 3.05) is 11.9 Å². The lowest BCUT2D eigenvalue weighted by Gasteiger charge is -2.13. The molecule has 0 aliphatic carbocycles. The van der Waals surface area contributed by atoms with Gasteiger partial charge in [0, 0.05) is 31.2 Å². The van der Waals surface area contributed by atoms with Gasteiger partial charge in [-0.3, -0.25) is 0 Å². The topological polar surface area (TPSA) is 67.9 Å². The summed E-state index contributed by atoms with van der Waals surface area (Å²) in [4.78, 5) is 6.21. The Labute approximate surface area is 101 Å². The van der Waals surface area contributed by atoms with Gasteiger partial charge in [-0.05, 0) is 23.4 Å². The first kappa shape index (κ1) is 10.2. The van der Waals surface area contributed by atoms with E-state index in [9.17, 15) is 0 Å². The maximum Gasteiger partial charge on any atom is 0.232 e. The Kier molecular flexibility index (Phi) is 2.25. The third-order valence-corrected chi connectivity index (χ3v) is 3.12. The highest BCUT2D eigenvalue weighted by Crippen LogP contribution is 2.27. The molecule has 3 aromatic rings. The van der Waals surface area contributed by atoms with Gasteiger partial charge in [0.1, 0.15) is 5.52 Å². The van der Waals surface area contributed by atoms with Crippen molar-refractivity contribution in [1.82, 2.24) is 19.8 Å². The van der Waals surface area contributed by atoms with Crippen LogP contribution in [0.5, 0.6) is 0 Å². The van der Waals surface area contributed by atoms with Gasteiger partial charge in [0.2, 0.25) is 5.13 Å². The van der Waals surface area contributed by atoms with Gasteiger partial charge in [-0.25, -0.2) is 4.98 Å². The Morgan fingerprint density at radius 2 is 2.24 bits per heavy atom. The van der Waals surface area contributed by atoms with Gasteiger partial charge in [0.15, 0.2) is 11.5 Å². The molecule has 0 aliphatic rings. The number of rotatable bonds is 2. The largest absolute Gasteiger partial charge is 0.441 e. The molecule has 0 unspecified atom stereocenters. The van der Waals surface area contributed by atoms with Crippen LogP contribution in [0.3, 0.4) is 0 Å². The number of oxazole rings is 1. The zero-order chi connectivity index (χ0) is 11.8. The van der Waals surface area contributed by atoms with E-state index in [2.05, 4.69) is 19.8 Å². The van der Waals surface area contributed by atoms with Gasteiger partial charge < -0.3 is 9.32 Å². The highest BCUT2D eigenvalue weighted by molar-refractivity contribution is 7.09. The molecule has 2 heterocycles. The Morgan fingerprint density at radius 1 is 1.35 bits per heavy atom. The van der Waals surface area contributed by atoms with Crippen molar-refractivity contribution in [3.05, 3.63) is 24.1 Å². The highest BCUT2D eigenvalue weighted by atomic mass is 32.1. The van der Waals surface area contributed by atoms with Gasteiger partial charge in [-0.2, -0.15) is 0 Å². The first-order valence-corrected chi connectivity index (χ1v) is 5.77. The van der Waals surface area contributed by atoms with Crippen molar-refractivity contribution in [2.24, 2.45) is 0 Å². The van der Waals surface area contributed by atoms with Crippen molar-refractivity contribution in [2.45, 2.75) is 6.92 Å². The minimum absolute atomic E-state index is 0.664. The lowest BCUT2D eigenvalue weighted by Crippen LogP contribution is -2.08. The van der Waals surface area contributed by atoms with E-state index in [0.717, 1.165) is 21.9 Å². The summed E-state index contributed by atoms with van der Waals surface area (Å²) >= 11 is 1.25. The van der Waals surface area contributed by atoms with Crippen LogP contribution in [-0.2, 0) is 0 Å². The van der Waals surface area contributed by atoms with Crippen LogP contribution >= 0.6 is 11.5 Å². The monoisotopic (exact) mass is 247 g/mol. The summed E-state index contributed by atoms with van der Waals surface area (Å²) < 4.78 is 9.17. The molecule has 0 amide bonds. The van der Waals surface area contributed by atoms with Crippen molar-refractivity contribution in [3.63, 3.8) is 0 Å². The molecule has 0 fully saturated rings. The molecule has 3 rings (SSSR count). The second-order valence-corrected chi connectivity index (χ2v) is 4.30. The molecule has 1 aromatic carbocycles. The van der Waals surface area contributed by atoms with E-state index in [-0.39, 0.29) is 0 Å². The number of fused-ring (bicyclic) bond motifs is 1. The second kappa shape index (κ2) is 3.77. The number of nitrogens with zero attached hydrogens (tertiary/aromatic N) is 5. The maximum atomic E-state index is 5.43. The number of benzene rings is 1. The molecule has 86 valence electrons. The molecule has 7 heteroatoms. The predicted molar refractivity (Wildman–Crippen MR) is 64.5 cm³/mol. The van der Waals surface area contributed by atoms with E-state index in [4.69, 9.17) is 4.42 Å². The molecular weight excluding hydrogens is 238 g/mol. The van der Waals surface area contributed by atoms with E-state index in [1.54, 1.807) is 0 Å². The molecule has 0 bridgehead atoms. The normalized spacial score (nSPS) is 10.9. The summed E-state index contributed by atoms with van der Waals surface area (Å²) in [5.41, 5.74) is 2.60. The minimum atomic E-state index is 0.664. The zero-order valence-electron chi connectivity index (χ0n) is 9.28. The number of anilines is 2. The Bertz CT molecular complexity index is 648. The van der Waals surface area contributed by atoms with Crippen molar-refractivity contribution < 1.29 is 4.42 Å². The van der Waals surface area contributed by atoms with Crippen LogP contribution in [0.2, 0.25) is 0 Å². The number of aromatic nitrogens is 4. The number of aryl methyl sites for hydroxylation is 1. The summed E-state index contributed by atoms with van der Waals surface area (Å²) in [5.74, 6) is 0.664. The third kappa shape index (κ3) is 1.74. The highest BCUT2D eigenvalue weighted by Gasteiger charge is 2.10. The van der Waals surface area contributed by atoms with Crippen molar-refractivity contribution in [3.8, 4) is 0 Å². The smallest absolute Gasteiger partial charge is 0.232 e. The second-order valence-electron chi connectivity index (χ2n) is 3.59. The molecule has 0 saturated carbocycles. The fourth-order valence-electron chi connectivity index (χ4n) is 1.61. The van der Waals surface area contributed by atoms with Gasteiger partial charge in [-0.1, -0.05) is 9.59 Å². The fraction of sp³-hybridized carbons (Fsp3) is 0.200. The van der Waals surface area contributed by atoms with E-state index >= 15 is 0 Å². The molecule has 0 atom stereocenters. The molecule has 0 saturated heterocycles. The fourth-order valence-corrected chi connectivity index (χ4v) is 2.05. The summed E-state index contributed by atoms with van der Waals surface area (Å²) in [6.07, 6.45) is 0. The molecule has 0 radical (unpaired) electrons. The van der Waals surface area contributed by atoms with E-state index < -0.39 is 0 Å². The van der Waals surface area contributed by atoms with Gasteiger partial charge in [-0.15, -0.1) is 0 Å². The van der Waals surface area contributed by atoms with E-state index in [1.165, 1.54) is 11.5 Å². The molecule has 6 nitrogen and oxygen atoms in total. The average molecular weight is 247 g/mol. The Hall–Kier alpha value is -2.02. The van der Waals surface area contributed by atoms with Crippen LogP contribution in [-0.4, -0.2) is 26.8 Å². The van der Waals surface area contributed by atoms with Crippen LogP contribution in [0.25, 0.3) is 11.1 Å². The van der Waals surface area contributed by atoms with Gasteiger partial charge in [0.05, 0.1) is 0 Å². The lowest BCUT2D eigenvalue weighted by molar-refractivity contribution is 0.561. The number of hydrogen-bond donors (Lipinski definition) is 0. The van der Waals surface area contributed by atoms with E-state index in [1.807, 2.05) is 37.1 Å². The first-order chi connectivity index (χ1) is 8.24. The lowest BCUT2D eigenvalue weighted by atomic mass is 10.3. The Balaban J connectivity index is 2.05. The van der Waals surface area contributed by atoms with Gasteiger partial charge in [0.25, 0.3) is 0 Å². The first-order valence-electron chi connectivity index (χ1n) is 5.00. The molecular formula is C10H9N5OS. The zero-order valence-corrected chi connectivity index (χ0v) is 10.1. The summed E-state index contributed by atoms with van der Waals surface area (Å²) in [7, 11) is 1.91. The molecule has 0 spiro atoms. The van der Waals surface area contributed by atoms with Gasteiger partial charge >= 0.3 is 0 Å². The van der Waals surface area contributed by atoms with Crippen LogP contribution < -0.4 is 4.90 Å². The summed E-state index contributed by atoms with van der Waals surface area (Å²) in [5, 5.41) is 8.24.